The van der Waals surface area contributed by atoms with Gasteiger partial charge in [0.25, 0.3) is 0 Å². The molecule has 1 aromatic carbocycles. The summed E-state index contributed by atoms with van der Waals surface area (Å²) in [5, 5.41) is 3.55. The molecule has 2 nitrogen and oxygen atoms in total. The summed E-state index contributed by atoms with van der Waals surface area (Å²) < 4.78 is 0. The van der Waals surface area contributed by atoms with E-state index in [0.717, 1.165) is 24.9 Å². The van der Waals surface area contributed by atoms with Crippen LogP contribution in [0.25, 0.3) is 0 Å². The maximum Gasteiger partial charge on any atom is 0.0401 e. The van der Waals surface area contributed by atoms with Gasteiger partial charge in [0.1, 0.15) is 0 Å². The second kappa shape index (κ2) is 7.84. The summed E-state index contributed by atoms with van der Waals surface area (Å²) in [6.45, 7) is 12.8. The van der Waals surface area contributed by atoms with Gasteiger partial charge in [0, 0.05) is 18.3 Å². The van der Waals surface area contributed by atoms with E-state index in [-0.39, 0.29) is 0 Å². The van der Waals surface area contributed by atoms with Crippen LogP contribution in [0.5, 0.6) is 0 Å². The smallest absolute Gasteiger partial charge is 0.0401 e. The molecule has 1 heterocycles. The number of anilines is 1. The number of nitrogens with zero attached hydrogens (tertiary/aromatic N) is 1. The lowest BCUT2D eigenvalue weighted by atomic mass is 9.92. The summed E-state index contributed by atoms with van der Waals surface area (Å²) in [6.07, 6.45) is 3.77. The molecule has 0 fully saturated rings. The highest BCUT2D eigenvalue weighted by Crippen LogP contribution is 2.31. The lowest BCUT2D eigenvalue weighted by Crippen LogP contribution is -2.41. The molecule has 21 heavy (non-hydrogen) atoms. The molecule has 1 aromatic rings. The lowest BCUT2D eigenvalue weighted by molar-refractivity contribution is 0.462. The first-order chi connectivity index (χ1) is 10.1. The van der Waals surface area contributed by atoms with E-state index >= 15 is 0 Å². The quantitative estimate of drug-likeness (QED) is 0.760. The molecule has 0 bridgehead atoms. The molecule has 2 unspecified atom stereocenters. The van der Waals surface area contributed by atoms with Crippen LogP contribution in [0.1, 0.15) is 46.1 Å². The molecule has 2 atom stereocenters. The largest absolute Gasteiger partial charge is 0.368 e. The molecule has 1 aliphatic rings. The molecule has 0 spiro atoms. The van der Waals surface area contributed by atoms with E-state index in [1.807, 2.05) is 0 Å². The topological polar surface area (TPSA) is 15.3 Å². The van der Waals surface area contributed by atoms with Gasteiger partial charge >= 0.3 is 0 Å². The molecule has 2 heteroatoms. The molecule has 1 N–H and O–H groups in total. The molecule has 0 aliphatic carbocycles. The Morgan fingerprint density at radius 1 is 1.24 bits per heavy atom. The Morgan fingerprint density at radius 3 is 2.76 bits per heavy atom. The predicted molar refractivity (Wildman–Crippen MR) is 93.1 cm³/mol. The molecule has 2 rings (SSSR count). The van der Waals surface area contributed by atoms with Crippen molar-refractivity contribution in [2.24, 2.45) is 11.8 Å². The van der Waals surface area contributed by atoms with Crippen LogP contribution in [-0.2, 0) is 6.42 Å². The number of nitrogens with one attached hydrogen (secondary N) is 1. The average Bonchev–Trinajstić information content (AvgIpc) is 2.45. The third-order valence-corrected chi connectivity index (χ3v) is 4.44. The van der Waals surface area contributed by atoms with Crippen LogP contribution in [0.3, 0.4) is 0 Å². The standard InChI is InChI=1S/C19H32N2/c1-15(2)13-20-11-7-8-17(4)21-14-16(3)12-18-9-5-6-10-19(18)21/h5-6,9-10,15-17,20H,7-8,11-14H2,1-4H3. The SMILES string of the molecule is CC(C)CNCCCC(C)N1CC(C)Cc2ccccc21. The fraction of sp³-hybridized carbons (Fsp3) is 0.684. The van der Waals surface area contributed by atoms with Crippen LogP contribution in [-0.4, -0.2) is 25.7 Å². The fourth-order valence-electron chi connectivity index (χ4n) is 3.32. The van der Waals surface area contributed by atoms with E-state index in [0.29, 0.717) is 6.04 Å². The summed E-state index contributed by atoms with van der Waals surface area (Å²) in [7, 11) is 0. The van der Waals surface area contributed by atoms with Crippen LogP contribution in [0.2, 0.25) is 0 Å². The monoisotopic (exact) mass is 288 g/mol. The number of fused-ring (bicyclic) bond motifs is 1. The van der Waals surface area contributed by atoms with Crippen LogP contribution >= 0.6 is 0 Å². The number of para-hydroxylation sites is 1. The van der Waals surface area contributed by atoms with Crippen molar-refractivity contribution in [2.75, 3.05) is 24.5 Å². The second-order valence-electron chi connectivity index (χ2n) is 7.18. The first-order valence-corrected chi connectivity index (χ1v) is 8.63. The molecule has 1 aliphatic heterocycles. The normalized spacial score (nSPS) is 19.7. The zero-order valence-corrected chi connectivity index (χ0v) is 14.2. The van der Waals surface area contributed by atoms with Gasteiger partial charge in [0.05, 0.1) is 0 Å². The molecular formula is C19H32N2. The Balaban J connectivity index is 1.86. The number of benzene rings is 1. The van der Waals surface area contributed by atoms with Gasteiger partial charge in [-0.2, -0.15) is 0 Å². The first-order valence-electron chi connectivity index (χ1n) is 8.63. The van der Waals surface area contributed by atoms with E-state index in [4.69, 9.17) is 0 Å². The number of hydrogen-bond acceptors (Lipinski definition) is 2. The maximum absolute atomic E-state index is 3.55. The van der Waals surface area contributed by atoms with Gasteiger partial charge < -0.3 is 10.2 Å². The highest BCUT2D eigenvalue weighted by Gasteiger charge is 2.24. The maximum atomic E-state index is 3.55. The van der Waals surface area contributed by atoms with Crippen molar-refractivity contribution in [3.8, 4) is 0 Å². The lowest BCUT2D eigenvalue weighted by Gasteiger charge is -2.39. The Hall–Kier alpha value is -1.02. The van der Waals surface area contributed by atoms with E-state index in [1.165, 1.54) is 37.1 Å². The van der Waals surface area contributed by atoms with Crippen molar-refractivity contribution < 1.29 is 0 Å². The van der Waals surface area contributed by atoms with Gasteiger partial charge in [-0.25, -0.2) is 0 Å². The van der Waals surface area contributed by atoms with E-state index in [9.17, 15) is 0 Å². The molecule has 0 saturated heterocycles. The van der Waals surface area contributed by atoms with Gasteiger partial charge in [-0.3, -0.25) is 0 Å². The predicted octanol–water partition coefficient (Wildman–Crippen LogP) is 4.10. The minimum Gasteiger partial charge on any atom is -0.368 e. The first kappa shape index (κ1) is 16.4. The Kier molecular flexibility index (Phi) is 6.10. The zero-order valence-electron chi connectivity index (χ0n) is 14.2. The second-order valence-corrected chi connectivity index (χ2v) is 7.18. The van der Waals surface area contributed by atoms with Gasteiger partial charge in [-0.15, -0.1) is 0 Å². The minimum absolute atomic E-state index is 0.634. The molecule has 118 valence electrons. The number of hydrogen-bond donors (Lipinski definition) is 1. The third kappa shape index (κ3) is 4.74. The summed E-state index contributed by atoms with van der Waals surface area (Å²) in [6, 6.07) is 9.59. The van der Waals surface area contributed by atoms with Gasteiger partial charge in [0.2, 0.25) is 0 Å². The van der Waals surface area contributed by atoms with Crippen molar-refractivity contribution in [3.63, 3.8) is 0 Å². The molecular weight excluding hydrogens is 256 g/mol. The third-order valence-electron chi connectivity index (χ3n) is 4.44. The van der Waals surface area contributed by atoms with Crippen molar-refractivity contribution in [1.82, 2.24) is 5.32 Å². The number of rotatable bonds is 7. The summed E-state index contributed by atoms with van der Waals surface area (Å²) in [5.74, 6) is 1.51. The summed E-state index contributed by atoms with van der Waals surface area (Å²) in [4.78, 5) is 2.63. The van der Waals surface area contributed by atoms with E-state index in [1.54, 1.807) is 0 Å². The van der Waals surface area contributed by atoms with Gasteiger partial charge in [-0.1, -0.05) is 39.0 Å². The van der Waals surface area contributed by atoms with Crippen molar-refractivity contribution in [2.45, 2.75) is 53.0 Å². The fourth-order valence-corrected chi connectivity index (χ4v) is 3.32. The van der Waals surface area contributed by atoms with Crippen LogP contribution < -0.4 is 10.2 Å². The minimum atomic E-state index is 0.634. The summed E-state index contributed by atoms with van der Waals surface area (Å²) >= 11 is 0. The van der Waals surface area contributed by atoms with Crippen molar-refractivity contribution in [3.05, 3.63) is 29.8 Å². The molecule has 0 saturated carbocycles. The van der Waals surface area contributed by atoms with Crippen LogP contribution in [0.15, 0.2) is 24.3 Å². The molecule has 0 amide bonds. The van der Waals surface area contributed by atoms with Crippen LogP contribution in [0.4, 0.5) is 5.69 Å². The van der Waals surface area contributed by atoms with Gasteiger partial charge in [-0.05, 0) is 62.7 Å². The van der Waals surface area contributed by atoms with Crippen LogP contribution in [0, 0.1) is 11.8 Å². The Labute approximate surface area is 130 Å². The highest BCUT2D eigenvalue weighted by molar-refractivity contribution is 5.56. The zero-order chi connectivity index (χ0) is 15.2. The highest BCUT2D eigenvalue weighted by atomic mass is 15.2. The van der Waals surface area contributed by atoms with E-state index in [2.05, 4.69) is 62.2 Å². The Bertz CT molecular complexity index is 427. The summed E-state index contributed by atoms with van der Waals surface area (Å²) in [5.41, 5.74) is 3.00. The Morgan fingerprint density at radius 2 is 2.00 bits per heavy atom. The van der Waals surface area contributed by atoms with Crippen molar-refractivity contribution >= 4 is 5.69 Å². The van der Waals surface area contributed by atoms with Gasteiger partial charge in [0.15, 0.2) is 0 Å². The van der Waals surface area contributed by atoms with E-state index < -0.39 is 0 Å². The average molecular weight is 288 g/mol. The molecule has 0 aromatic heterocycles. The van der Waals surface area contributed by atoms with Crippen molar-refractivity contribution in [1.29, 1.82) is 0 Å². The molecule has 0 radical (unpaired) electrons.